The minimum Gasteiger partial charge on any atom is -0.497 e. The van der Waals surface area contributed by atoms with Crippen LogP contribution in [0.2, 0.25) is 0 Å². The van der Waals surface area contributed by atoms with Crippen molar-refractivity contribution in [1.29, 1.82) is 0 Å². The van der Waals surface area contributed by atoms with Gasteiger partial charge in [-0.3, -0.25) is 4.72 Å². The number of hydrogen-bond acceptors (Lipinski definition) is 6. The molecule has 3 aromatic carbocycles. The first-order valence-electron chi connectivity index (χ1n) is 9.32. The van der Waals surface area contributed by atoms with Gasteiger partial charge < -0.3 is 10.1 Å². The van der Waals surface area contributed by atoms with Crippen LogP contribution in [0.1, 0.15) is 5.56 Å². The number of halogens is 1. The van der Waals surface area contributed by atoms with Gasteiger partial charge in [0.25, 0.3) is 10.0 Å². The zero-order chi connectivity index (χ0) is 22.0. The zero-order valence-electron chi connectivity index (χ0n) is 16.8. The summed E-state index contributed by atoms with van der Waals surface area (Å²) in [6.07, 6.45) is 0. The lowest BCUT2D eigenvalue weighted by Gasteiger charge is -2.15. The zero-order valence-corrected chi connectivity index (χ0v) is 19.2. The smallest absolute Gasteiger partial charge is 0.263 e. The number of sulfonamides is 1. The average molecular weight is 499 g/mol. The van der Waals surface area contributed by atoms with Crippen molar-refractivity contribution in [3.8, 4) is 5.75 Å². The highest BCUT2D eigenvalue weighted by Gasteiger charge is 2.19. The molecule has 0 spiro atoms. The van der Waals surface area contributed by atoms with Crippen LogP contribution < -0.4 is 14.8 Å². The van der Waals surface area contributed by atoms with E-state index in [0.717, 1.165) is 15.7 Å². The summed E-state index contributed by atoms with van der Waals surface area (Å²) in [6, 6.07) is 19.1. The molecule has 2 N–H and O–H groups in total. The average Bonchev–Trinajstić information content (AvgIpc) is 2.76. The Morgan fingerprint density at radius 2 is 1.55 bits per heavy atom. The van der Waals surface area contributed by atoms with E-state index in [2.05, 4.69) is 35.9 Å². The van der Waals surface area contributed by atoms with Crippen molar-refractivity contribution in [2.24, 2.45) is 0 Å². The maximum absolute atomic E-state index is 13.0. The topological polar surface area (TPSA) is 93.2 Å². The Morgan fingerprint density at radius 3 is 2.16 bits per heavy atom. The Bertz CT molecular complexity index is 1360. The monoisotopic (exact) mass is 498 g/mol. The molecule has 158 valence electrons. The normalized spacial score (nSPS) is 11.3. The molecule has 0 aliphatic carbocycles. The van der Waals surface area contributed by atoms with E-state index in [1.54, 1.807) is 18.2 Å². The lowest BCUT2D eigenvalue weighted by molar-refractivity contribution is 0.414. The van der Waals surface area contributed by atoms with Gasteiger partial charge in [0.1, 0.15) is 5.75 Å². The predicted molar refractivity (Wildman–Crippen MR) is 126 cm³/mol. The third kappa shape index (κ3) is 4.62. The van der Waals surface area contributed by atoms with Crippen LogP contribution in [0.15, 0.2) is 76.1 Å². The Kier molecular flexibility index (Phi) is 5.79. The van der Waals surface area contributed by atoms with Crippen LogP contribution in [-0.2, 0) is 10.0 Å². The van der Waals surface area contributed by atoms with Gasteiger partial charge >= 0.3 is 0 Å². The molecular formula is C22H19BrN4O3S. The van der Waals surface area contributed by atoms with Gasteiger partial charge in [0, 0.05) is 10.2 Å². The number of hydrogen-bond donors (Lipinski definition) is 2. The highest BCUT2D eigenvalue weighted by Crippen LogP contribution is 2.29. The summed E-state index contributed by atoms with van der Waals surface area (Å²) in [7, 11) is -2.37. The summed E-state index contributed by atoms with van der Waals surface area (Å²) in [5.74, 6) is 0.982. The lowest BCUT2D eigenvalue weighted by atomic mass is 10.2. The molecule has 0 unspecified atom stereocenters. The Labute approximate surface area is 188 Å². The van der Waals surface area contributed by atoms with Crippen molar-refractivity contribution in [2.75, 3.05) is 17.1 Å². The summed E-state index contributed by atoms with van der Waals surface area (Å²) >= 11 is 3.45. The molecule has 7 nitrogen and oxygen atoms in total. The molecule has 0 amide bonds. The number of methoxy groups -OCH3 is 1. The minimum atomic E-state index is -3.89. The maximum atomic E-state index is 13.0. The third-order valence-electron chi connectivity index (χ3n) is 4.61. The van der Waals surface area contributed by atoms with Crippen LogP contribution in [0.25, 0.3) is 11.0 Å². The largest absolute Gasteiger partial charge is 0.497 e. The minimum absolute atomic E-state index is 0.0917. The number of aryl methyl sites for hydroxylation is 1. The van der Waals surface area contributed by atoms with Crippen LogP contribution in [0.5, 0.6) is 5.75 Å². The van der Waals surface area contributed by atoms with E-state index >= 15 is 0 Å². The molecule has 0 radical (unpaired) electrons. The molecular weight excluding hydrogens is 480 g/mol. The van der Waals surface area contributed by atoms with E-state index in [-0.39, 0.29) is 10.7 Å². The molecule has 4 aromatic rings. The SMILES string of the molecule is COc1ccc(S(=O)(=O)Nc2nc3ccccc3nc2Nc2ccc(Br)cc2C)cc1. The first kappa shape index (κ1) is 21.1. The third-order valence-corrected chi connectivity index (χ3v) is 6.46. The predicted octanol–water partition coefficient (Wildman–Crippen LogP) is 5.25. The lowest BCUT2D eigenvalue weighted by Crippen LogP contribution is -2.16. The van der Waals surface area contributed by atoms with Gasteiger partial charge in [0.2, 0.25) is 0 Å². The van der Waals surface area contributed by atoms with Gasteiger partial charge in [-0.25, -0.2) is 18.4 Å². The number of ether oxygens (including phenoxy) is 1. The molecule has 0 aliphatic heterocycles. The summed E-state index contributed by atoms with van der Waals surface area (Å²) < 4.78 is 34.6. The molecule has 4 rings (SSSR count). The fourth-order valence-corrected chi connectivity index (χ4v) is 4.48. The van der Waals surface area contributed by atoms with E-state index < -0.39 is 10.0 Å². The standard InChI is InChI=1S/C22H19BrN4O3S/c1-14-13-15(23)7-12-18(14)24-21-22(26-20-6-4-3-5-19(20)25-21)27-31(28,29)17-10-8-16(30-2)9-11-17/h3-13H,1-2H3,(H,24,25)(H,26,27). The molecule has 0 atom stereocenters. The van der Waals surface area contributed by atoms with Gasteiger partial charge in [0.05, 0.1) is 23.0 Å². The number of rotatable bonds is 6. The van der Waals surface area contributed by atoms with E-state index in [1.807, 2.05) is 43.3 Å². The number of para-hydroxylation sites is 2. The van der Waals surface area contributed by atoms with Crippen molar-refractivity contribution >= 4 is 54.3 Å². The van der Waals surface area contributed by atoms with Gasteiger partial charge in [0.15, 0.2) is 11.6 Å². The van der Waals surface area contributed by atoms with Crippen molar-refractivity contribution < 1.29 is 13.2 Å². The van der Waals surface area contributed by atoms with Crippen molar-refractivity contribution in [3.63, 3.8) is 0 Å². The second-order valence-corrected chi connectivity index (χ2v) is 9.37. The molecule has 0 saturated carbocycles. The second-order valence-electron chi connectivity index (χ2n) is 6.77. The summed E-state index contributed by atoms with van der Waals surface area (Å²) in [4.78, 5) is 9.21. The van der Waals surface area contributed by atoms with Gasteiger partial charge in [-0.05, 0) is 67.1 Å². The summed E-state index contributed by atoms with van der Waals surface area (Å²) in [5.41, 5.74) is 2.98. The fraction of sp³-hybridized carbons (Fsp3) is 0.0909. The van der Waals surface area contributed by atoms with E-state index in [0.29, 0.717) is 22.6 Å². The van der Waals surface area contributed by atoms with Crippen LogP contribution in [0.4, 0.5) is 17.3 Å². The molecule has 1 aromatic heterocycles. The molecule has 31 heavy (non-hydrogen) atoms. The number of anilines is 3. The van der Waals surface area contributed by atoms with E-state index in [4.69, 9.17) is 4.74 Å². The highest BCUT2D eigenvalue weighted by molar-refractivity contribution is 9.10. The van der Waals surface area contributed by atoms with Crippen LogP contribution in [0.3, 0.4) is 0 Å². The first-order chi connectivity index (χ1) is 14.9. The summed E-state index contributed by atoms with van der Waals surface area (Å²) in [6.45, 7) is 1.95. The van der Waals surface area contributed by atoms with E-state index in [9.17, 15) is 8.42 Å². The molecule has 0 bridgehead atoms. The van der Waals surface area contributed by atoms with Crippen LogP contribution in [0, 0.1) is 6.92 Å². The van der Waals surface area contributed by atoms with Gasteiger partial charge in [-0.15, -0.1) is 0 Å². The van der Waals surface area contributed by atoms with Crippen LogP contribution >= 0.6 is 15.9 Å². The Hall–Kier alpha value is -3.17. The summed E-state index contributed by atoms with van der Waals surface area (Å²) in [5, 5.41) is 3.21. The second kappa shape index (κ2) is 8.52. The number of benzene rings is 3. The quantitative estimate of drug-likeness (QED) is 0.376. The van der Waals surface area contributed by atoms with Gasteiger partial charge in [-0.2, -0.15) is 0 Å². The van der Waals surface area contributed by atoms with Crippen molar-refractivity contribution in [1.82, 2.24) is 9.97 Å². The van der Waals surface area contributed by atoms with Crippen molar-refractivity contribution in [3.05, 3.63) is 76.8 Å². The fourth-order valence-electron chi connectivity index (χ4n) is 2.99. The van der Waals surface area contributed by atoms with Crippen molar-refractivity contribution in [2.45, 2.75) is 11.8 Å². The highest BCUT2D eigenvalue weighted by atomic mass is 79.9. The van der Waals surface area contributed by atoms with Gasteiger partial charge in [-0.1, -0.05) is 28.1 Å². The number of nitrogens with one attached hydrogen (secondary N) is 2. The Balaban J connectivity index is 1.76. The molecule has 1 heterocycles. The number of nitrogens with zero attached hydrogens (tertiary/aromatic N) is 2. The Morgan fingerprint density at radius 1 is 0.903 bits per heavy atom. The number of aromatic nitrogens is 2. The molecule has 0 fully saturated rings. The molecule has 0 saturated heterocycles. The molecule has 0 aliphatic rings. The van der Waals surface area contributed by atoms with Crippen LogP contribution in [-0.4, -0.2) is 25.5 Å². The molecule has 9 heteroatoms. The van der Waals surface area contributed by atoms with E-state index in [1.165, 1.54) is 19.2 Å². The number of fused-ring (bicyclic) bond motifs is 1. The first-order valence-corrected chi connectivity index (χ1v) is 11.6. The maximum Gasteiger partial charge on any atom is 0.263 e.